The van der Waals surface area contributed by atoms with Gasteiger partial charge in [-0.2, -0.15) is 4.99 Å². The number of piperazine rings is 1. The highest BCUT2D eigenvalue weighted by Gasteiger charge is 2.22. The summed E-state index contributed by atoms with van der Waals surface area (Å²) < 4.78 is 16.2. The van der Waals surface area contributed by atoms with Crippen molar-refractivity contribution in [1.82, 2.24) is 9.80 Å². The van der Waals surface area contributed by atoms with Crippen LogP contribution in [0.4, 0.5) is 4.79 Å². The summed E-state index contributed by atoms with van der Waals surface area (Å²) in [6.45, 7) is 3.57. The van der Waals surface area contributed by atoms with Crippen LogP contribution in [0.1, 0.15) is 5.56 Å². The molecule has 1 saturated heterocycles. The van der Waals surface area contributed by atoms with E-state index in [0.29, 0.717) is 36.9 Å². The van der Waals surface area contributed by atoms with Gasteiger partial charge < -0.3 is 30.6 Å². The zero-order chi connectivity index (χ0) is 18.4. The minimum Gasteiger partial charge on any atom is -0.493 e. The van der Waals surface area contributed by atoms with Gasteiger partial charge in [0.2, 0.25) is 11.7 Å². The van der Waals surface area contributed by atoms with Crippen molar-refractivity contribution in [3.8, 4) is 17.2 Å². The third kappa shape index (κ3) is 4.44. The molecule has 25 heavy (non-hydrogen) atoms. The molecular weight excluding hydrogens is 326 g/mol. The number of carbonyl (C=O) groups is 1. The van der Waals surface area contributed by atoms with Gasteiger partial charge in [0, 0.05) is 38.3 Å². The Labute approximate surface area is 147 Å². The zero-order valence-corrected chi connectivity index (χ0v) is 14.8. The predicted octanol–water partition coefficient (Wildman–Crippen LogP) is 0.223. The number of carbonyl (C=O) groups excluding carboxylic acids is 1. The molecule has 9 heteroatoms. The quantitative estimate of drug-likeness (QED) is 0.576. The summed E-state index contributed by atoms with van der Waals surface area (Å²) in [5, 5.41) is 0. The molecule has 0 radical (unpaired) electrons. The molecule has 1 aromatic carbocycles. The topological polar surface area (TPSA) is 116 Å². The van der Waals surface area contributed by atoms with Crippen LogP contribution in [-0.2, 0) is 6.54 Å². The van der Waals surface area contributed by atoms with Gasteiger partial charge >= 0.3 is 6.03 Å². The second-order valence-corrected chi connectivity index (χ2v) is 5.56. The van der Waals surface area contributed by atoms with Gasteiger partial charge in [-0.25, -0.2) is 4.79 Å². The van der Waals surface area contributed by atoms with E-state index >= 15 is 0 Å². The van der Waals surface area contributed by atoms with Crippen molar-refractivity contribution < 1.29 is 19.0 Å². The van der Waals surface area contributed by atoms with E-state index in [2.05, 4.69) is 9.89 Å². The van der Waals surface area contributed by atoms with Crippen LogP contribution < -0.4 is 25.7 Å². The lowest BCUT2D eigenvalue weighted by Gasteiger charge is -2.35. The molecule has 1 aliphatic rings. The molecule has 0 unspecified atom stereocenters. The van der Waals surface area contributed by atoms with Gasteiger partial charge in [0.1, 0.15) is 0 Å². The Morgan fingerprint density at radius 3 is 2.20 bits per heavy atom. The number of hydrogen-bond acceptors (Lipinski definition) is 5. The first-order valence-corrected chi connectivity index (χ1v) is 7.88. The number of guanidine groups is 1. The van der Waals surface area contributed by atoms with Crippen LogP contribution in [0.2, 0.25) is 0 Å². The Balaban J connectivity index is 2.06. The molecule has 2 rings (SSSR count). The number of hydrogen-bond donors (Lipinski definition) is 2. The Morgan fingerprint density at radius 2 is 1.68 bits per heavy atom. The molecule has 1 fully saturated rings. The predicted molar refractivity (Wildman–Crippen MR) is 94.2 cm³/mol. The lowest BCUT2D eigenvalue weighted by molar-refractivity contribution is 0.172. The van der Waals surface area contributed by atoms with Gasteiger partial charge in [-0.3, -0.25) is 4.90 Å². The summed E-state index contributed by atoms with van der Waals surface area (Å²) in [5.41, 5.74) is 11.8. The number of nitrogens with two attached hydrogens (primary N) is 2. The summed E-state index contributed by atoms with van der Waals surface area (Å²) >= 11 is 0. The highest BCUT2D eigenvalue weighted by Crippen LogP contribution is 2.40. The molecule has 0 saturated carbocycles. The summed E-state index contributed by atoms with van der Waals surface area (Å²) in [4.78, 5) is 18.5. The average Bonchev–Trinajstić information content (AvgIpc) is 2.61. The number of ether oxygens (including phenoxy) is 3. The van der Waals surface area contributed by atoms with Crippen molar-refractivity contribution in [2.45, 2.75) is 6.54 Å². The summed E-state index contributed by atoms with van der Waals surface area (Å²) in [5.74, 6) is 2.04. The van der Waals surface area contributed by atoms with Crippen molar-refractivity contribution in [1.29, 1.82) is 0 Å². The van der Waals surface area contributed by atoms with Gasteiger partial charge in [-0.05, 0) is 6.07 Å². The van der Waals surface area contributed by atoms with E-state index in [-0.39, 0.29) is 5.96 Å². The molecule has 1 aliphatic heterocycles. The fraction of sp³-hybridized carbons (Fsp3) is 0.500. The molecule has 0 atom stereocenters. The van der Waals surface area contributed by atoms with Crippen LogP contribution >= 0.6 is 0 Å². The molecule has 138 valence electrons. The Hall–Kier alpha value is -2.68. The van der Waals surface area contributed by atoms with E-state index in [4.69, 9.17) is 25.7 Å². The number of primary amides is 1. The third-order valence-electron chi connectivity index (χ3n) is 4.10. The van der Waals surface area contributed by atoms with Gasteiger partial charge in [-0.15, -0.1) is 0 Å². The lowest BCUT2D eigenvalue weighted by Crippen LogP contribution is -2.51. The van der Waals surface area contributed by atoms with Crippen LogP contribution in [0, 0.1) is 0 Å². The maximum atomic E-state index is 10.8. The van der Waals surface area contributed by atoms with Crippen molar-refractivity contribution in [3.05, 3.63) is 17.7 Å². The van der Waals surface area contributed by atoms with Gasteiger partial charge in [0.15, 0.2) is 11.5 Å². The molecule has 0 aliphatic carbocycles. The standard InChI is InChI=1S/C16H25N5O4/c1-23-12-5-4-11(13(24-2)14(12)25-3)10-20-6-8-21(9-7-20)15(17)19-16(18)22/h4-5H,6-10H2,1-3H3,(H4,17,18,19,22). The first-order valence-electron chi connectivity index (χ1n) is 7.88. The summed E-state index contributed by atoms with van der Waals surface area (Å²) in [6, 6.07) is 3.05. The number of nitrogens with zero attached hydrogens (tertiary/aromatic N) is 3. The normalized spacial score (nSPS) is 15.8. The van der Waals surface area contributed by atoms with E-state index in [1.807, 2.05) is 17.0 Å². The first kappa shape index (κ1) is 18.7. The fourth-order valence-electron chi connectivity index (χ4n) is 2.85. The molecule has 1 heterocycles. The lowest BCUT2D eigenvalue weighted by atomic mass is 10.1. The Morgan fingerprint density at radius 1 is 1.04 bits per heavy atom. The molecule has 4 N–H and O–H groups in total. The number of aliphatic imine (C=N–C) groups is 1. The number of rotatable bonds is 5. The van der Waals surface area contributed by atoms with Crippen LogP contribution in [0.15, 0.2) is 17.1 Å². The van der Waals surface area contributed by atoms with Crippen LogP contribution in [0.3, 0.4) is 0 Å². The number of amides is 2. The highest BCUT2D eigenvalue weighted by atomic mass is 16.5. The zero-order valence-electron chi connectivity index (χ0n) is 14.8. The molecule has 0 bridgehead atoms. The van der Waals surface area contributed by atoms with Crippen LogP contribution in [-0.4, -0.2) is 69.3 Å². The van der Waals surface area contributed by atoms with Crippen molar-refractivity contribution in [2.75, 3.05) is 47.5 Å². The molecule has 0 aromatic heterocycles. The van der Waals surface area contributed by atoms with E-state index in [0.717, 1.165) is 18.7 Å². The number of urea groups is 1. The van der Waals surface area contributed by atoms with Crippen molar-refractivity contribution in [3.63, 3.8) is 0 Å². The number of benzene rings is 1. The summed E-state index contributed by atoms with van der Waals surface area (Å²) in [6.07, 6.45) is 0. The average molecular weight is 351 g/mol. The van der Waals surface area contributed by atoms with Crippen LogP contribution in [0.25, 0.3) is 0 Å². The molecular formula is C16H25N5O4. The Bertz CT molecular complexity index is 642. The van der Waals surface area contributed by atoms with Gasteiger partial charge in [0.25, 0.3) is 0 Å². The second kappa shape index (κ2) is 8.43. The second-order valence-electron chi connectivity index (χ2n) is 5.56. The molecule has 9 nitrogen and oxygen atoms in total. The number of methoxy groups -OCH3 is 3. The van der Waals surface area contributed by atoms with Gasteiger partial charge in [0.05, 0.1) is 21.3 Å². The summed E-state index contributed by atoms with van der Waals surface area (Å²) in [7, 11) is 4.79. The molecule has 2 amide bonds. The van der Waals surface area contributed by atoms with E-state index in [1.54, 1.807) is 21.3 Å². The largest absolute Gasteiger partial charge is 0.493 e. The minimum atomic E-state index is -0.782. The molecule has 0 spiro atoms. The van der Waals surface area contributed by atoms with E-state index in [1.165, 1.54) is 0 Å². The molecule has 1 aromatic rings. The highest BCUT2D eigenvalue weighted by molar-refractivity contribution is 5.90. The Kier molecular flexibility index (Phi) is 6.29. The third-order valence-corrected chi connectivity index (χ3v) is 4.10. The monoisotopic (exact) mass is 351 g/mol. The SMILES string of the molecule is COc1ccc(CN2CCN(C(N)=NC(N)=O)CC2)c(OC)c1OC. The van der Waals surface area contributed by atoms with E-state index in [9.17, 15) is 4.79 Å². The minimum absolute atomic E-state index is 0.163. The first-order chi connectivity index (χ1) is 12.0. The van der Waals surface area contributed by atoms with E-state index < -0.39 is 6.03 Å². The van der Waals surface area contributed by atoms with Crippen molar-refractivity contribution >= 4 is 12.0 Å². The van der Waals surface area contributed by atoms with Crippen molar-refractivity contribution in [2.24, 2.45) is 16.5 Å². The van der Waals surface area contributed by atoms with Gasteiger partial charge in [-0.1, -0.05) is 6.07 Å². The smallest absolute Gasteiger partial charge is 0.341 e. The van der Waals surface area contributed by atoms with Crippen LogP contribution in [0.5, 0.6) is 17.2 Å². The fourth-order valence-corrected chi connectivity index (χ4v) is 2.85. The maximum absolute atomic E-state index is 10.8. The maximum Gasteiger partial charge on any atom is 0.341 e.